The number of nitrogens with zero attached hydrogens (tertiary/aromatic N) is 4. The molecule has 1 heterocycles. The Kier molecular flexibility index (Phi) is 5.19. The molecule has 0 amide bonds. The first-order valence-electron chi connectivity index (χ1n) is 4.65. The highest BCUT2D eigenvalue weighted by atomic mass is 35.5. The highest BCUT2D eigenvalue weighted by molar-refractivity contribution is 6.31. The van der Waals surface area contributed by atoms with Gasteiger partial charge >= 0.3 is 0 Å². The minimum atomic E-state index is 0.410. The van der Waals surface area contributed by atoms with Crippen LogP contribution in [0.2, 0.25) is 5.02 Å². The average Bonchev–Trinajstić information content (AvgIpc) is 2.29. The van der Waals surface area contributed by atoms with Gasteiger partial charge in [-0.15, -0.1) is 0 Å². The summed E-state index contributed by atoms with van der Waals surface area (Å²) in [6.07, 6.45) is 6.11. The second-order valence-corrected chi connectivity index (χ2v) is 3.31. The number of aromatic nitrogens is 1. The number of ether oxygens (including phenoxy) is 1. The monoisotopic (exact) mass is 238 g/mol. The molecule has 0 aliphatic carbocycles. The molecule has 0 bridgehead atoms. The SMILES string of the molecule is COc1ncc(C=CCCN=[N+]=[N-])cc1Cl. The summed E-state index contributed by atoms with van der Waals surface area (Å²) >= 11 is 5.90. The second kappa shape index (κ2) is 6.71. The average molecular weight is 239 g/mol. The summed E-state index contributed by atoms with van der Waals surface area (Å²) in [7, 11) is 1.52. The molecule has 0 aromatic carbocycles. The molecule has 0 radical (unpaired) electrons. The van der Waals surface area contributed by atoms with Crippen LogP contribution in [-0.4, -0.2) is 18.6 Å². The zero-order valence-corrected chi connectivity index (χ0v) is 9.55. The van der Waals surface area contributed by atoms with Gasteiger partial charge in [-0.1, -0.05) is 28.9 Å². The van der Waals surface area contributed by atoms with E-state index in [4.69, 9.17) is 21.9 Å². The first-order valence-corrected chi connectivity index (χ1v) is 5.02. The van der Waals surface area contributed by atoms with Crippen LogP contribution in [0.3, 0.4) is 0 Å². The maximum Gasteiger partial charge on any atom is 0.232 e. The highest BCUT2D eigenvalue weighted by Crippen LogP contribution is 2.22. The predicted octanol–water partition coefficient (Wildman–Crippen LogP) is 3.46. The molecule has 1 aromatic heterocycles. The summed E-state index contributed by atoms with van der Waals surface area (Å²) < 4.78 is 4.94. The van der Waals surface area contributed by atoms with E-state index in [0.29, 0.717) is 23.9 Å². The molecular formula is C10H11ClN4O. The third-order valence-electron chi connectivity index (χ3n) is 1.79. The molecule has 1 aromatic rings. The Hall–Kier alpha value is -1.71. The van der Waals surface area contributed by atoms with E-state index in [9.17, 15) is 0 Å². The normalized spacial score (nSPS) is 10.1. The van der Waals surface area contributed by atoms with Crippen LogP contribution in [0.15, 0.2) is 23.5 Å². The molecule has 84 valence electrons. The van der Waals surface area contributed by atoms with Crippen LogP contribution in [-0.2, 0) is 0 Å². The molecule has 0 unspecified atom stereocenters. The topological polar surface area (TPSA) is 70.9 Å². The van der Waals surface area contributed by atoms with Crippen LogP contribution in [0.25, 0.3) is 16.5 Å². The van der Waals surface area contributed by atoms with Crippen LogP contribution in [0.4, 0.5) is 0 Å². The molecule has 16 heavy (non-hydrogen) atoms. The zero-order valence-electron chi connectivity index (χ0n) is 8.80. The number of halogens is 1. The van der Waals surface area contributed by atoms with Gasteiger partial charge in [0, 0.05) is 17.7 Å². The van der Waals surface area contributed by atoms with Crippen molar-refractivity contribution in [2.45, 2.75) is 6.42 Å². The Morgan fingerprint density at radius 3 is 3.12 bits per heavy atom. The summed E-state index contributed by atoms with van der Waals surface area (Å²) in [4.78, 5) is 6.68. The standard InChI is InChI=1S/C10H11ClN4O/c1-16-10-9(11)6-8(7-13-10)4-2-3-5-14-15-12/h2,4,6-7H,3,5H2,1H3. The quantitative estimate of drug-likeness (QED) is 0.341. The fourth-order valence-corrected chi connectivity index (χ4v) is 1.33. The maximum atomic E-state index is 8.07. The lowest BCUT2D eigenvalue weighted by molar-refractivity contribution is 0.398. The van der Waals surface area contributed by atoms with E-state index in [2.05, 4.69) is 15.0 Å². The largest absolute Gasteiger partial charge is 0.480 e. The summed E-state index contributed by atoms with van der Waals surface area (Å²) in [6.45, 7) is 0.449. The van der Waals surface area contributed by atoms with Crippen LogP contribution in [0, 0.1) is 0 Å². The molecule has 0 N–H and O–H groups in total. The van der Waals surface area contributed by atoms with Gasteiger partial charge in [-0.05, 0) is 23.6 Å². The molecule has 0 spiro atoms. The van der Waals surface area contributed by atoms with Gasteiger partial charge in [0.2, 0.25) is 5.88 Å². The molecule has 6 heteroatoms. The lowest BCUT2D eigenvalue weighted by Crippen LogP contribution is -1.88. The first-order chi connectivity index (χ1) is 7.77. The third-order valence-corrected chi connectivity index (χ3v) is 2.06. The molecule has 1 rings (SSSR count). The molecule has 5 nitrogen and oxygen atoms in total. The van der Waals surface area contributed by atoms with Crippen molar-refractivity contribution in [2.75, 3.05) is 13.7 Å². The van der Waals surface area contributed by atoms with Gasteiger partial charge in [0.25, 0.3) is 0 Å². The van der Waals surface area contributed by atoms with E-state index >= 15 is 0 Å². The van der Waals surface area contributed by atoms with E-state index in [1.165, 1.54) is 7.11 Å². The van der Waals surface area contributed by atoms with Crippen molar-refractivity contribution in [3.05, 3.63) is 39.4 Å². The van der Waals surface area contributed by atoms with Crippen molar-refractivity contribution in [3.8, 4) is 5.88 Å². The Morgan fingerprint density at radius 1 is 1.69 bits per heavy atom. The van der Waals surface area contributed by atoms with Crippen molar-refractivity contribution >= 4 is 17.7 Å². The van der Waals surface area contributed by atoms with E-state index in [-0.39, 0.29) is 0 Å². The number of pyridine rings is 1. The number of hydrogen-bond acceptors (Lipinski definition) is 3. The van der Waals surface area contributed by atoms with Gasteiger partial charge in [0.15, 0.2) is 0 Å². The van der Waals surface area contributed by atoms with Crippen molar-refractivity contribution in [2.24, 2.45) is 5.11 Å². The lowest BCUT2D eigenvalue weighted by Gasteiger charge is -2.01. The van der Waals surface area contributed by atoms with Crippen molar-refractivity contribution in [1.82, 2.24) is 4.98 Å². The minimum absolute atomic E-state index is 0.410. The van der Waals surface area contributed by atoms with Crippen molar-refractivity contribution in [1.29, 1.82) is 0 Å². The van der Waals surface area contributed by atoms with E-state index in [0.717, 1.165) is 5.56 Å². The Bertz CT molecular complexity index is 427. The number of rotatable bonds is 5. The number of methoxy groups -OCH3 is 1. The van der Waals surface area contributed by atoms with Crippen molar-refractivity contribution < 1.29 is 4.74 Å². The van der Waals surface area contributed by atoms with Gasteiger partial charge in [-0.3, -0.25) is 0 Å². The Labute approximate surface area is 98.3 Å². The van der Waals surface area contributed by atoms with Crippen LogP contribution >= 0.6 is 11.6 Å². The fourth-order valence-electron chi connectivity index (χ4n) is 1.08. The molecule has 0 saturated carbocycles. The number of azide groups is 1. The summed E-state index contributed by atoms with van der Waals surface area (Å²) in [5.74, 6) is 0.410. The van der Waals surface area contributed by atoms with E-state index in [1.54, 1.807) is 12.3 Å². The predicted molar refractivity (Wildman–Crippen MR) is 63.5 cm³/mol. The molecule has 0 aliphatic rings. The van der Waals surface area contributed by atoms with Gasteiger partial charge in [-0.2, -0.15) is 0 Å². The molecule has 0 atom stereocenters. The molecule has 0 fully saturated rings. The van der Waals surface area contributed by atoms with Gasteiger partial charge < -0.3 is 4.74 Å². The lowest BCUT2D eigenvalue weighted by atomic mass is 10.2. The maximum absolute atomic E-state index is 8.07. The van der Waals surface area contributed by atoms with Crippen LogP contribution in [0.5, 0.6) is 5.88 Å². The smallest absolute Gasteiger partial charge is 0.232 e. The summed E-state index contributed by atoms with van der Waals surface area (Å²) in [5.41, 5.74) is 8.95. The first kappa shape index (κ1) is 12.4. The third kappa shape index (κ3) is 3.81. The van der Waals surface area contributed by atoms with E-state index in [1.807, 2.05) is 12.2 Å². The molecular weight excluding hydrogens is 228 g/mol. The van der Waals surface area contributed by atoms with Crippen LogP contribution in [0.1, 0.15) is 12.0 Å². The zero-order chi connectivity index (χ0) is 11.8. The molecule has 0 aliphatic heterocycles. The van der Waals surface area contributed by atoms with Crippen LogP contribution < -0.4 is 4.74 Å². The second-order valence-electron chi connectivity index (χ2n) is 2.91. The number of hydrogen-bond donors (Lipinski definition) is 0. The minimum Gasteiger partial charge on any atom is -0.480 e. The highest BCUT2D eigenvalue weighted by Gasteiger charge is 2.00. The summed E-state index contributed by atoms with van der Waals surface area (Å²) in [5, 5.41) is 3.89. The molecule has 0 saturated heterocycles. The van der Waals surface area contributed by atoms with Gasteiger partial charge in [0.05, 0.1) is 7.11 Å². The Morgan fingerprint density at radius 2 is 2.50 bits per heavy atom. The Balaban J connectivity index is 2.60. The van der Waals surface area contributed by atoms with Crippen molar-refractivity contribution in [3.63, 3.8) is 0 Å². The van der Waals surface area contributed by atoms with Gasteiger partial charge in [0.1, 0.15) is 5.02 Å². The van der Waals surface area contributed by atoms with Gasteiger partial charge in [-0.25, -0.2) is 4.98 Å². The summed E-state index contributed by atoms with van der Waals surface area (Å²) in [6, 6.07) is 1.76. The fraction of sp³-hybridized carbons (Fsp3) is 0.300. The van der Waals surface area contributed by atoms with E-state index < -0.39 is 0 Å².